The SMILES string of the molecule is Cc1nc(N(C)C)nc(-c2ccc(C(=O)N3CCC[C@H](C#N)C3)cc2)c1C. The van der Waals surface area contributed by atoms with Gasteiger partial charge in [-0.1, -0.05) is 12.1 Å². The minimum atomic E-state index is -0.0573. The van der Waals surface area contributed by atoms with Crippen LogP contribution in [0.25, 0.3) is 11.3 Å². The highest BCUT2D eigenvalue weighted by Crippen LogP contribution is 2.26. The van der Waals surface area contributed by atoms with Gasteiger partial charge in [-0.25, -0.2) is 9.97 Å². The Balaban J connectivity index is 1.86. The summed E-state index contributed by atoms with van der Waals surface area (Å²) in [5, 5.41) is 9.13. The van der Waals surface area contributed by atoms with Gasteiger partial charge in [-0.05, 0) is 44.4 Å². The minimum Gasteiger partial charge on any atom is -0.347 e. The Morgan fingerprint density at radius 2 is 1.93 bits per heavy atom. The maximum absolute atomic E-state index is 12.8. The Bertz CT molecular complexity index is 883. The number of aromatic nitrogens is 2. The molecular formula is C21H25N5O. The lowest BCUT2D eigenvalue weighted by Crippen LogP contribution is -2.39. The van der Waals surface area contributed by atoms with E-state index in [1.54, 1.807) is 4.90 Å². The molecule has 140 valence electrons. The molecule has 1 saturated heterocycles. The molecule has 0 unspecified atom stereocenters. The molecule has 0 N–H and O–H groups in total. The first-order chi connectivity index (χ1) is 12.9. The summed E-state index contributed by atoms with van der Waals surface area (Å²) in [7, 11) is 3.84. The molecule has 1 fully saturated rings. The number of benzene rings is 1. The number of piperidine rings is 1. The molecule has 0 aliphatic carbocycles. The summed E-state index contributed by atoms with van der Waals surface area (Å²) < 4.78 is 0. The van der Waals surface area contributed by atoms with Crippen molar-refractivity contribution in [2.24, 2.45) is 5.92 Å². The third kappa shape index (κ3) is 3.92. The quantitative estimate of drug-likeness (QED) is 0.837. The first-order valence-electron chi connectivity index (χ1n) is 9.22. The largest absolute Gasteiger partial charge is 0.347 e. The van der Waals surface area contributed by atoms with Crippen LogP contribution in [0.15, 0.2) is 24.3 Å². The normalized spacial score (nSPS) is 16.7. The van der Waals surface area contributed by atoms with Crippen LogP contribution in [0.3, 0.4) is 0 Å². The average Bonchev–Trinajstić information content (AvgIpc) is 2.69. The predicted octanol–water partition coefficient (Wildman–Crippen LogP) is 3.20. The number of carbonyl (C=O) groups is 1. The van der Waals surface area contributed by atoms with Crippen molar-refractivity contribution in [3.05, 3.63) is 41.1 Å². The number of carbonyl (C=O) groups excluding carboxylic acids is 1. The second-order valence-corrected chi connectivity index (χ2v) is 7.27. The van der Waals surface area contributed by atoms with Crippen molar-refractivity contribution in [3.8, 4) is 17.3 Å². The van der Waals surface area contributed by atoms with E-state index in [4.69, 9.17) is 5.26 Å². The van der Waals surface area contributed by atoms with Gasteiger partial charge in [-0.3, -0.25) is 4.79 Å². The maximum Gasteiger partial charge on any atom is 0.253 e. The topological polar surface area (TPSA) is 73.1 Å². The van der Waals surface area contributed by atoms with Gasteiger partial charge in [0.05, 0.1) is 17.7 Å². The third-order valence-electron chi connectivity index (χ3n) is 5.07. The highest BCUT2D eigenvalue weighted by atomic mass is 16.2. The summed E-state index contributed by atoms with van der Waals surface area (Å²) in [4.78, 5) is 25.6. The monoisotopic (exact) mass is 363 g/mol. The molecular weight excluding hydrogens is 338 g/mol. The third-order valence-corrected chi connectivity index (χ3v) is 5.07. The molecule has 0 saturated carbocycles. The number of nitrogens with zero attached hydrogens (tertiary/aromatic N) is 5. The summed E-state index contributed by atoms with van der Waals surface area (Å²) in [6.07, 6.45) is 1.76. The van der Waals surface area contributed by atoms with Gasteiger partial charge in [-0.15, -0.1) is 0 Å². The smallest absolute Gasteiger partial charge is 0.253 e. The van der Waals surface area contributed by atoms with E-state index in [2.05, 4.69) is 16.0 Å². The van der Waals surface area contributed by atoms with Crippen molar-refractivity contribution in [1.82, 2.24) is 14.9 Å². The standard InChI is InChI=1S/C21H25N5O/c1-14-15(2)23-21(25(3)4)24-19(14)17-7-9-18(10-8-17)20(27)26-11-5-6-16(12-22)13-26/h7-10,16H,5-6,11,13H2,1-4H3/t16-/m1/s1. The van der Waals surface area contributed by atoms with E-state index in [9.17, 15) is 4.79 Å². The highest BCUT2D eigenvalue weighted by molar-refractivity contribution is 5.94. The number of anilines is 1. The molecule has 2 heterocycles. The first kappa shape index (κ1) is 18.8. The molecule has 3 rings (SSSR count). The van der Waals surface area contributed by atoms with E-state index < -0.39 is 0 Å². The fourth-order valence-corrected chi connectivity index (χ4v) is 3.32. The lowest BCUT2D eigenvalue weighted by molar-refractivity contribution is 0.0699. The van der Waals surface area contributed by atoms with Crippen LogP contribution in [0.4, 0.5) is 5.95 Å². The maximum atomic E-state index is 12.8. The molecule has 1 aliphatic rings. The Kier molecular flexibility index (Phi) is 5.41. The van der Waals surface area contributed by atoms with Gasteiger partial charge in [-0.2, -0.15) is 5.26 Å². The molecule has 0 bridgehead atoms. The zero-order chi connectivity index (χ0) is 19.6. The van der Waals surface area contributed by atoms with Gasteiger partial charge in [0.1, 0.15) is 0 Å². The van der Waals surface area contributed by atoms with Gasteiger partial charge in [0.2, 0.25) is 5.95 Å². The van der Waals surface area contributed by atoms with Crippen molar-refractivity contribution >= 4 is 11.9 Å². The molecule has 6 nitrogen and oxygen atoms in total. The van der Waals surface area contributed by atoms with E-state index in [0.717, 1.165) is 41.9 Å². The predicted molar refractivity (Wildman–Crippen MR) is 106 cm³/mol. The molecule has 1 aliphatic heterocycles. The van der Waals surface area contributed by atoms with E-state index in [0.29, 0.717) is 18.1 Å². The summed E-state index contributed by atoms with van der Waals surface area (Å²) in [5.41, 5.74) is 4.47. The lowest BCUT2D eigenvalue weighted by Gasteiger charge is -2.29. The van der Waals surface area contributed by atoms with Crippen LogP contribution in [0.5, 0.6) is 0 Å². The molecule has 1 atom stereocenters. The Labute approximate surface area is 160 Å². The van der Waals surface area contributed by atoms with E-state index >= 15 is 0 Å². The number of likely N-dealkylation sites (tertiary alicyclic amines) is 1. The van der Waals surface area contributed by atoms with Crippen molar-refractivity contribution in [2.45, 2.75) is 26.7 Å². The first-order valence-corrected chi connectivity index (χ1v) is 9.22. The van der Waals surface area contributed by atoms with Crippen molar-refractivity contribution < 1.29 is 4.79 Å². The van der Waals surface area contributed by atoms with Crippen LogP contribution < -0.4 is 4.90 Å². The molecule has 1 aromatic heterocycles. The summed E-state index contributed by atoms with van der Waals surface area (Å²) in [6, 6.07) is 9.85. The average molecular weight is 363 g/mol. The summed E-state index contributed by atoms with van der Waals surface area (Å²) in [5.74, 6) is 0.605. The van der Waals surface area contributed by atoms with Crippen LogP contribution in [0.2, 0.25) is 0 Å². The lowest BCUT2D eigenvalue weighted by atomic mass is 9.98. The number of hydrogen-bond acceptors (Lipinski definition) is 5. The number of nitriles is 1. The molecule has 2 aromatic rings. The van der Waals surface area contributed by atoms with E-state index in [1.165, 1.54) is 0 Å². The highest BCUT2D eigenvalue weighted by Gasteiger charge is 2.24. The summed E-state index contributed by atoms with van der Waals surface area (Å²) >= 11 is 0. The van der Waals surface area contributed by atoms with Crippen molar-refractivity contribution in [3.63, 3.8) is 0 Å². The second-order valence-electron chi connectivity index (χ2n) is 7.27. The Hall–Kier alpha value is -2.94. The fraction of sp³-hybridized carbons (Fsp3) is 0.429. The van der Waals surface area contributed by atoms with Crippen LogP contribution in [-0.2, 0) is 0 Å². The zero-order valence-electron chi connectivity index (χ0n) is 16.4. The van der Waals surface area contributed by atoms with Crippen molar-refractivity contribution in [2.75, 3.05) is 32.1 Å². The molecule has 0 radical (unpaired) electrons. The number of aryl methyl sites for hydroxylation is 1. The molecule has 27 heavy (non-hydrogen) atoms. The summed E-state index contributed by atoms with van der Waals surface area (Å²) in [6.45, 7) is 5.23. The minimum absolute atomic E-state index is 0.00827. The number of rotatable bonds is 3. The van der Waals surface area contributed by atoms with Crippen molar-refractivity contribution in [1.29, 1.82) is 5.26 Å². The van der Waals surface area contributed by atoms with E-state index in [1.807, 2.05) is 57.1 Å². The van der Waals surface area contributed by atoms with E-state index in [-0.39, 0.29) is 11.8 Å². The Morgan fingerprint density at radius 3 is 2.56 bits per heavy atom. The second kappa shape index (κ2) is 7.75. The van der Waals surface area contributed by atoms with Crippen LogP contribution in [-0.4, -0.2) is 48.0 Å². The molecule has 1 aromatic carbocycles. The molecule has 6 heteroatoms. The zero-order valence-corrected chi connectivity index (χ0v) is 16.4. The number of hydrogen-bond donors (Lipinski definition) is 0. The van der Waals surface area contributed by atoms with Gasteiger partial charge in [0.15, 0.2) is 0 Å². The van der Waals surface area contributed by atoms with Gasteiger partial charge < -0.3 is 9.80 Å². The van der Waals surface area contributed by atoms with Crippen LogP contribution in [0, 0.1) is 31.1 Å². The van der Waals surface area contributed by atoms with Gasteiger partial charge >= 0.3 is 0 Å². The molecule has 1 amide bonds. The van der Waals surface area contributed by atoms with Gasteiger partial charge in [0.25, 0.3) is 5.91 Å². The Morgan fingerprint density at radius 1 is 1.22 bits per heavy atom. The number of amides is 1. The van der Waals surface area contributed by atoms with Gasteiger partial charge in [0, 0.05) is 44.0 Å². The van der Waals surface area contributed by atoms with Crippen LogP contribution >= 0.6 is 0 Å². The fourth-order valence-electron chi connectivity index (χ4n) is 3.32. The van der Waals surface area contributed by atoms with Crippen LogP contribution in [0.1, 0.15) is 34.5 Å². The molecule has 0 spiro atoms.